The Morgan fingerprint density at radius 1 is 1.06 bits per heavy atom. The number of halogens is 1. The van der Waals surface area contributed by atoms with Crippen molar-refractivity contribution in [3.63, 3.8) is 0 Å². The Morgan fingerprint density at radius 2 is 1.78 bits per heavy atom. The number of fused-ring (bicyclic) bond motifs is 1. The molecule has 0 unspecified atom stereocenters. The van der Waals surface area contributed by atoms with Crippen molar-refractivity contribution in [2.24, 2.45) is 0 Å². The summed E-state index contributed by atoms with van der Waals surface area (Å²) in [4.78, 5) is 2.16. The normalized spacial score (nSPS) is 19.9. The zero-order valence-electron chi connectivity index (χ0n) is 9.93. The van der Waals surface area contributed by atoms with Gasteiger partial charge < -0.3 is 19.5 Å². The summed E-state index contributed by atoms with van der Waals surface area (Å²) in [5, 5.41) is 9.75. The van der Waals surface area contributed by atoms with Gasteiger partial charge in [0.1, 0.15) is 19.0 Å². The second kappa shape index (κ2) is 4.74. The number of ether oxygens (including phenoxy) is 2. The quantitative estimate of drug-likeness (QED) is 0.783. The van der Waals surface area contributed by atoms with E-state index in [0.29, 0.717) is 19.0 Å². The number of benzene rings is 1. The van der Waals surface area contributed by atoms with Crippen molar-refractivity contribution < 1.29 is 14.6 Å². The molecular formula is C12H15ClN2O3. The lowest BCUT2D eigenvalue weighted by Gasteiger charge is -2.34. The first-order valence-electron chi connectivity index (χ1n) is 6.02. The van der Waals surface area contributed by atoms with Gasteiger partial charge in [-0.2, -0.15) is 0 Å². The molecule has 0 atom stereocenters. The number of hydrogen-bond donors (Lipinski definition) is 1. The minimum absolute atomic E-state index is 0.197. The molecule has 0 aromatic heterocycles. The molecule has 1 saturated heterocycles. The van der Waals surface area contributed by atoms with Crippen LogP contribution in [0.2, 0.25) is 0 Å². The van der Waals surface area contributed by atoms with E-state index in [9.17, 15) is 5.11 Å². The minimum Gasteiger partial charge on any atom is -0.508 e. The highest BCUT2D eigenvalue weighted by atomic mass is 35.5. The molecule has 1 N–H and O–H groups in total. The summed E-state index contributed by atoms with van der Waals surface area (Å²) in [5.41, 5.74) is 0.884. The molecule has 2 aliphatic heterocycles. The Kier molecular flexibility index (Phi) is 3.09. The van der Waals surface area contributed by atoms with Crippen LogP contribution in [0.4, 0.5) is 5.69 Å². The number of phenolic OH excluding ortho intramolecular Hbond substituents is 1. The number of hydrogen-bond acceptors (Lipinski definition) is 5. The van der Waals surface area contributed by atoms with E-state index in [1.54, 1.807) is 16.6 Å². The van der Waals surface area contributed by atoms with Gasteiger partial charge in [0.2, 0.25) is 0 Å². The molecule has 0 aliphatic carbocycles. The highest BCUT2D eigenvalue weighted by Crippen LogP contribution is 2.43. The molecular weight excluding hydrogens is 256 g/mol. The molecule has 1 aromatic carbocycles. The summed E-state index contributed by atoms with van der Waals surface area (Å²) < 4.78 is 12.9. The third kappa shape index (κ3) is 2.15. The van der Waals surface area contributed by atoms with Crippen molar-refractivity contribution in [2.45, 2.75) is 0 Å². The van der Waals surface area contributed by atoms with Gasteiger partial charge in [-0.1, -0.05) is 0 Å². The van der Waals surface area contributed by atoms with Gasteiger partial charge in [0.05, 0.1) is 5.69 Å². The van der Waals surface area contributed by atoms with Gasteiger partial charge >= 0.3 is 0 Å². The maximum Gasteiger partial charge on any atom is 0.184 e. The van der Waals surface area contributed by atoms with E-state index in [2.05, 4.69) is 4.90 Å². The summed E-state index contributed by atoms with van der Waals surface area (Å²) in [6.07, 6.45) is 0. The number of phenols is 1. The van der Waals surface area contributed by atoms with E-state index in [1.807, 2.05) is 0 Å². The summed E-state index contributed by atoms with van der Waals surface area (Å²) in [6, 6.07) is 3.31. The van der Waals surface area contributed by atoms with Crippen LogP contribution in [-0.2, 0) is 0 Å². The SMILES string of the molecule is Oc1cc2c(c(N3CCN(Cl)CC3)c1)OCCO2. The fourth-order valence-electron chi connectivity index (χ4n) is 2.28. The molecule has 0 radical (unpaired) electrons. The molecule has 18 heavy (non-hydrogen) atoms. The van der Waals surface area contributed by atoms with Crippen LogP contribution in [0.5, 0.6) is 17.2 Å². The second-order valence-corrected chi connectivity index (χ2v) is 4.86. The maximum atomic E-state index is 9.75. The summed E-state index contributed by atoms with van der Waals surface area (Å²) in [6.45, 7) is 4.25. The van der Waals surface area contributed by atoms with Crippen molar-refractivity contribution in [1.29, 1.82) is 0 Å². The summed E-state index contributed by atoms with van der Waals surface area (Å²) >= 11 is 5.95. The fraction of sp³-hybridized carbons (Fsp3) is 0.500. The van der Waals surface area contributed by atoms with E-state index in [-0.39, 0.29) is 5.75 Å². The van der Waals surface area contributed by atoms with E-state index < -0.39 is 0 Å². The molecule has 2 heterocycles. The van der Waals surface area contributed by atoms with E-state index in [1.165, 1.54) is 0 Å². The maximum absolute atomic E-state index is 9.75. The first-order chi connectivity index (χ1) is 8.74. The van der Waals surface area contributed by atoms with Crippen LogP contribution in [0.15, 0.2) is 12.1 Å². The van der Waals surface area contributed by atoms with Crippen LogP contribution in [0, 0.1) is 0 Å². The zero-order valence-corrected chi connectivity index (χ0v) is 10.7. The average molecular weight is 271 g/mol. The Hall–Kier alpha value is -1.33. The molecule has 0 amide bonds. The second-order valence-electron chi connectivity index (χ2n) is 4.39. The van der Waals surface area contributed by atoms with Crippen LogP contribution in [0.1, 0.15) is 0 Å². The first-order valence-corrected chi connectivity index (χ1v) is 6.36. The highest BCUT2D eigenvalue weighted by molar-refractivity contribution is 6.13. The predicted molar refractivity (Wildman–Crippen MR) is 68.7 cm³/mol. The van der Waals surface area contributed by atoms with Crippen LogP contribution >= 0.6 is 11.8 Å². The molecule has 0 bridgehead atoms. The minimum atomic E-state index is 0.197. The smallest absolute Gasteiger partial charge is 0.184 e. The summed E-state index contributed by atoms with van der Waals surface area (Å²) in [5.74, 6) is 1.54. The Morgan fingerprint density at radius 3 is 2.56 bits per heavy atom. The summed E-state index contributed by atoms with van der Waals surface area (Å²) in [7, 11) is 0. The van der Waals surface area contributed by atoms with Gasteiger partial charge in [-0.15, -0.1) is 0 Å². The number of aromatic hydroxyl groups is 1. The van der Waals surface area contributed by atoms with Crippen molar-refractivity contribution in [1.82, 2.24) is 4.42 Å². The van der Waals surface area contributed by atoms with Gasteiger partial charge in [0, 0.05) is 38.3 Å². The molecule has 1 aromatic rings. The lowest BCUT2D eigenvalue weighted by molar-refractivity contribution is 0.171. The lowest BCUT2D eigenvalue weighted by atomic mass is 10.2. The van der Waals surface area contributed by atoms with Crippen LogP contribution in [0.25, 0.3) is 0 Å². The van der Waals surface area contributed by atoms with Crippen LogP contribution in [0.3, 0.4) is 0 Å². The Bertz CT molecular complexity index is 447. The topological polar surface area (TPSA) is 45.2 Å². The molecule has 2 aliphatic rings. The van der Waals surface area contributed by atoms with E-state index in [0.717, 1.165) is 37.6 Å². The molecule has 5 nitrogen and oxygen atoms in total. The lowest BCUT2D eigenvalue weighted by Crippen LogP contribution is -2.42. The molecule has 1 fully saturated rings. The first kappa shape index (κ1) is 11.7. The van der Waals surface area contributed by atoms with Gasteiger partial charge in [-0.25, -0.2) is 4.42 Å². The van der Waals surface area contributed by atoms with Gasteiger partial charge in [0.25, 0.3) is 0 Å². The van der Waals surface area contributed by atoms with E-state index >= 15 is 0 Å². The van der Waals surface area contributed by atoms with Crippen molar-refractivity contribution >= 4 is 17.5 Å². The standard InChI is InChI=1S/C12H15ClN2O3/c13-15-3-1-14(2-4-15)10-7-9(16)8-11-12(10)18-6-5-17-11/h7-8,16H,1-6H2. The van der Waals surface area contributed by atoms with Crippen molar-refractivity contribution in [3.05, 3.63) is 12.1 Å². The van der Waals surface area contributed by atoms with Gasteiger partial charge in [-0.05, 0) is 11.8 Å². The highest BCUT2D eigenvalue weighted by Gasteiger charge is 2.24. The molecule has 98 valence electrons. The molecule has 0 saturated carbocycles. The van der Waals surface area contributed by atoms with E-state index in [4.69, 9.17) is 21.3 Å². The van der Waals surface area contributed by atoms with Crippen LogP contribution in [-0.4, -0.2) is 48.9 Å². The Labute approximate surface area is 111 Å². The zero-order chi connectivity index (χ0) is 12.5. The van der Waals surface area contributed by atoms with Crippen molar-refractivity contribution in [3.8, 4) is 17.2 Å². The predicted octanol–water partition coefficient (Wildman–Crippen LogP) is 1.44. The monoisotopic (exact) mass is 270 g/mol. The molecule has 0 spiro atoms. The third-order valence-electron chi connectivity index (χ3n) is 3.17. The van der Waals surface area contributed by atoms with Crippen molar-refractivity contribution in [2.75, 3.05) is 44.3 Å². The number of rotatable bonds is 1. The van der Waals surface area contributed by atoms with Gasteiger partial charge in [0.15, 0.2) is 11.5 Å². The molecule has 6 heteroatoms. The van der Waals surface area contributed by atoms with Crippen LogP contribution < -0.4 is 14.4 Å². The number of piperazine rings is 1. The fourth-order valence-corrected chi connectivity index (χ4v) is 2.43. The largest absolute Gasteiger partial charge is 0.508 e. The molecule has 3 rings (SSSR count). The Balaban J connectivity index is 1.93. The average Bonchev–Trinajstić information content (AvgIpc) is 2.38. The third-order valence-corrected chi connectivity index (χ3v) is 3.51. The van der Waals surface area contributed by atoms with Gasteiger partial charge in [-0.3, -0.25) is 0 Å². The number of nitrogens with zero attached hydrogens (tertiary/aromatic N) is 2. The number of anilines is 1.